The molecule has 0 aromatic rings. The molecule has 0 aromatic carbocycles. The molecule has 0 radical (unpaired) electrons. The first kappa shape index (κ1) is 33.8. The molecule has 0 fully saturated rings. The van der Waals surface area contributed by atoms with Crippen LogP contribution in [0.5, 0.6) is 0 Å². The standard InChI is InChI=1S/C28H58NO4P/c1-5-6-7-8-9-10-11-12-13-14-15-16-17-18-19-20-21-22-23-24-25-26-28(30,34(31,32)33)27-29(2,3)4/h22-23,30H,5-21,24-27H2,1-4H3,(H-,31,32,33)/p+1/b23-22-. The molecule has 0 spiro atoms. The third kappa shape index (κ3) is 20.0. The van der Waals surface area contributed by atoms with Crippen molar-refractivity contribution >= 4 is 7.60 Å². The van der Waals surface area contributed by atoms with Crippen molar-refractivity contribution in [1.82, 2.24) is 0 Å². The second kappa shape index (κ2) is 19.9. The largest absolute Gasteiger partial charge is 0.373 e. The smallest absolute Gasteiger partial charge is 0.362 e. The average molecular weight is 505 g/mol. The van der Waals surface area contributed by atoms with E-state index in [-0.39, 0.29) is 13.0 Å². The lowest BCUT2D eigenvalue weighted by molar-refractivity contribution is -0.875. The Morgan fingerprint density at radius 1 is 0.647 bits per heavy atom. The number of likely N-dealkylation sites (N-methyl/N-ethyl adjacent to an activating group) is 1. The first-order valence-electron chi connectivity index (χ1n) is 14.3. The lowest BCUT2D eigenvalue weighted by Crippen LogP contribution is -2.49. The summed E-state index contributed by atoms with van der Waals surface area (Å²) in [5, 5.41) is 8.60. The Hall–Kier alpha value is -0.190. The molecule has 6 heteroatoms. The first-order chi connectivity index (χ1) is 16.0. The van der Waals surface area contributed by atoms with E-state index in [1.54, 1.807) is 0 Å². The van der Waals surface area contributed by atoms with Crippen LogP contribution in [0, 0.1) is 0 Å². The van der Waals surface area contributed by atoms with Gasteiger partial charge < -0.3 is 19.4 Å². The summed E-state index contributed by atoms with van der Waals surface area (Å²) in [7, 11) is 0.931. The van der Waals surface area contributed by atoms with Crippen molar-refractivity contribution in [3.8, 4) is 0 Å². The summed E-state index contributed by atoms with van der Waals surface area (Å²) in [4.78, 5) is 19.2. The number of aliphatic hydroxyl groups is 1. The summed E-state index contributed by atoms with van der Waals surface area (Å²) < 4.78 is 12.1. The number of allylic oxidation sites excluding steroid dienone is 2. The Kier molecular flexibility index (Phi) is 19.8. The van der Waals surface area contributed by atoms with E-state index in [4.69, 9.17) is 0 Å². The summed E-state index contributed by atoms with van der Waals surface area (Å²) in [5.74, 6) is 0. The Labute approximate surface area is 212 Å². The zero-order valence-electron chi connectivity index (χ0n) is 23.1. The highest BCUT2D eigenvalue weighted by atomic mass is 31.2. The first-order valence-corrected chi connectivity index (χ1v) is 15.9. The molecule has 204 valence electrons. The molecule has 0 aliphatic heterocycles. The van der Waals surface area contributed by atoms with E-state index in [0.29, 0.717) is 10.9 Å². The fourth-order valence-electron chi connectivity index (χ4n) is 4.63. The van der Waals surface area contributed by atoms with E-state index in [0.717, 1.165) is 12.8 Å². The molecule has 0 aliphatic carbocycles. The summed E-state index contributed by atoms with van der Waals surface area (Å²) in [6, 6.07) is 0. The highest BCUT2D eigenvalue weighted by molar-refractivity contribution is 7.53. The van der Waals surface area contributed by atoms with Gasteiger partial charge in [0, 0.05) is 0 Å². The quantitative estimate of drug-likeness (QED) is 0.0539. The molecular weight excluding hydrogens is 445 g/mol. The Bertz CT molecular complexity index is 541. The molecule has 5 nitrogen and oxygen atoms in total. The van der Waals surface area contributed by atoms with E-state index < -0.39 is 12.9 Å². The maximum atomic E-state index is 11.8. The third-order valence-corrected chi connectivity index (χ3v) is 8.06. The van der Waals surface area contributed by atoms with Crippen molar-refractivity contribution in [2.45, 2.75) is 141 Å². The highest BCUT2D eigenvalue weighted by Gasteiger charge is 2.48. The van der Waals surface area contributed by atoms with Crippen LogP contribution in [0.2, 0.25) is 0 Å². The molecule has 0 amide bonds. The van der Waals surface area contributed by atoms with Gasteiger partial charge in [0.25, 0.3) is 0 Å². The van der Waals surface area contributed by atoms with Crippen LogP contribution in [0.1, 0.15) is 135 Å². The minimum Gasteiger partial charge on any atom is -0.373 e. The fourth-order valence-corrected chi connectivity index (χ4v) is 5.68. The van der Waals surface area contributed by atoms with E-state index in [2.05, 4.69) is 19.1 Å². The van der Waals surface area contributed by atoms with Gasteiger partial charge >= 0.3 is 7.60 Å². The molecule has 0 aliphatic rings. The van der Waals surface area contributed by atoms with Crippen molar-refractivity contribution in [3.63, 3.8) is 0 Å². The Morgan fingerprint density at radius 3 is 1.35 bits per heavy atom. The van der Waals surface area contributed by atoms with E-state index in [1.807, 2.05) is 21.1 Å². The summed E-state index contributed by atoms with van der Waals surface area (Å²) in [6.07, 6.45) is 28.9. The summed E-state index contributed by atoms with van der Waals surface area (Å²) in [6.45, 7) is 2.32. The van der Waals surface area contributed by atoms with Gasteiger partial charge in [-0.1, -0.05) is 115 Å². The van der Waals surface area contributed by atoms with Crippen LogP contribution >= 0.6 is 7.60 Å². The Morgan fingerprint density at radius 2 is 1.00 bits per heavy atom. The second-order valence-corrected chi connectivity index (χ2v) is 13.4. The van der Waals surface area contributed by atoms with Gasteiger partial charge in [0.15, 0.2) is 0 Å². The molecule has 0 aromatic heterocycles. The molecule has 1 atom stereocenters. The minimum absolute atomic E-state index is 0.0419. The summed E-state index contributed by atoms with van der Waals surface area (Å²) in [5.41, 5.74) is 0. The van der Waals surface area contributed by atoms with Gasteiger partial charge in [-0.05, 0) is 32.1 Å². The topological polar surface area (TPSA) is 77.8 Å². The van der Waals surface area contributed by atoms with Crippen molar-refractivity contribution in [1.29, 1.82) is 0 Å². The second-order valence-electron chi connectivity index (χ2n) is 11.4. The predicted molar refractivity (Wildman–Crippen MR) is 147 cm³/mol. The van der Waals surface area contributed by atoms with Gasteiger partial charge in [-0.25, -0.2) is 0 Å². The number of unbranched alkanes of at least 4 members (excludes halogenated alkanes) is 17. The molecule has 1 unspecified atom stereocenters. The van der Waals surface area contributed by atoms with Gasteiger partial charge in [-0.15, -0.1) is 0 Å². The van der Waals surface area contributed by atoms with Crippen LogP contribution in [0.15, 0.2) is 12.2 Å². The van der Waals surface area contributed by atoms with Gasteiger partial charge in [-0.2, -0.15) is 0 Å². The number of hydrogen-bond donors (Lipinski definition) is 3. The number of hydrogen-bond acceptors (Lipinski definition) is 2. The molecule has 0 saturated carbocycles. The SMILES string of the molecule is CCCCCCCCCCCCCCCCCC/C=C\CCCC(O)(C[N+](C)(C)C)P(=O)(O)O. The number of nitrogens with zero attached hydrogens (tertiary/aromatic N) is 1. The Balaban J connectivity index is 3.56. The molecule has 3 N–H and O–H groups in total. The minimum atomic E-state index is -4.56. The highest BCUT2D eigenvalue weighted by Crippen LogP contribution is 2.52. The molecule has 0 bridgehead atoms. The fraction of sp³-hybridized carbons (Fsp3) is 0.929. The van der Waals surface area contributed by atoms with Gasteiger partial charge in [0.1, 0.15) is 6.54 Å². The van der Waals surface area contributed by atoms with Crippen LogP contribution < -0.4 is 0 Å². The molecule has 0 heterocycles. The van der Waals surface area contributed by atoms with Gasteiger partial charge in [0.2, 0.25) is 5.34 Å². The lowest BCUT2D eigenvalue weighted by Gasteiger charge is -2.35. The normalized spacial score (nSPS) is 14.7. The maximum absolute atomic E-state index is 11.8. The van der Waals surface area contributed by atoms with E-state index >= 15 is 0 Å². The van der Waals surface area contributed by atoms with Crippen molar-refractivity contribution in [2.24, 2.45) is 0 Å². The van der Waals surface area contributed by atoms with Crippen LogP contribution in [-0.4, -0.2) is 52.4 Å². The van der Waals surface area contributed by atoms with Gasteiger partial charge in [-0.3, -0.25) is 4.57 Å². The monoisotopic (exact) mass is 504 g/mol. The molecule has 34 heavy (non-hydrogen) atoms. The van der Waals surface area contributed by atoms with Crippen molar-refractivity contribution in [3.05, 3.63) is 12.2 Å². The predicted octanol–water partition coefficient (Wildman–Crippen LogP) is 7.94. The van der Waals surface area contributed by atoms with Crippen LogP contribution in [-0.2, 0) is 4.57 Å². The van der Waals surface area contributed by atoms with Crippen LogP contribution in [0.3, 0.4) is 0 Å². The van der Waals surface area contributed by atoms with E-state index in [1.165, 1.54) is 103 Å². The molecule has 0 saturated heterocycles. The van der Waals surface area contributed by atoms with Crippen molar-refractivity contribution in [2.75, 3.05) is 27.7 Å². The molecule has 0 rings (SSSR count). The summed E-state index contributed by atoms with van der Waals surface area (Å²) >= 11 is 0. The van der Waals surface area contributed by atoms with Crippen LogP contribution in [0.4, 0.5) is 0 Å². The van der Waals surface area contributed by atoms with Crippen molar-refractivity contribution < 1.29 is 23.9 Å². The number of quaternary nitrogens is 1. The third-order valence-electron chi connectivity index (χ3n) is 6.61. The lowest BCUT2D eigenvalue weighted by atomic mass is 10.0. The zero-order valence-corrected chi connectivity index (χ0v) is 24.0. The molecular formula is C28H59NO4P+. The number of rotatable bonds is 24. The van der Waals surface area contributed by atoms with Crippen LogP contribution in [0.25, 0.3) is 0 Å². The zero-order chi connectivity index (χ0) is 25.8. The average Bonchev–Trinajstić information content (AvgIpc) is 2.73. The maximum Gasteiger partial charge on any atom is 0.362 e. The van der Waals surface area contributed by atoms with E-state index in [9.17, 15) is 19.5 Å². The van der Waals surface area contributed by atoms with Gasteiger partial charge in [0.05, 0.1) is 21.1 Å².